The van der Waals surface area contributed by atoms with Crippen molar-refractivity contribution in [2.24, 2.45) is 5.41 Å². The SMILES string of the molecule is CCOC(=O)C1CC2(CCN(C(=O)Cc3ccc(Cl)c(F)c3)CC2)CN1C(=O)c1cnc(-c2ccccc2)s1. The number of aromatic nitrogens is 1. The van der Waals surface area contributed by atoms with Crippen molar-refractivity contribution in [3.8, 4) is 10.6 Å². The molecule has 1 aromatic heterocycles. The van der Waals surface area contributed by atoms with Crippen molar-refractivity contribution in [1.82, 2.24) is 14.8 Å². The lowest BCUT2D eigenvalue weighted by Crippen LogP contribution is -2.45. The molecule has 2 saturated heterocycles. The molecule has 0 radical (unpaired) electrons. The Morgan fingerprint density at radius 1 is 1.15 bits per heavy atom. The van der Waals surface area contributed by atoms with Gasteiger partial charge in [-0.05, 0) is 49.3 Å². The number of hydrogen-bond acceptors (Lipinski definition) is 6. The van der Waals surface area contributed by atoms with Crippen LogP contribution in [-0.2, 0) is 20.7 Å². The zero-order chi connectivity index (χ0) is 27.6. The Bertz CT molecular complexity index is 1370. The maximum Gasteiger partial charge on any atom is 0.328 e. The molecule has 10 heteroatoms. The van der Waals surface area contributed by atoms with Crippen LogP contribution in [0.4, 0.5) is 4.39 Å². The van der Waals surface area contributed by atoms with Gasteiger partial charge in [-0.3, -0.25) is 9.59 Å². The summed E-state index contributed by atoms with van der Waals surface area (Å²) in [6.07, 6.45) is 3.47. The molecule has 1 unspecified atom stereocenters. The van der Waals surface area contributed by atoms with Crippen LogP contribution >= 0.6 is 22.9 Å². The van der Waals surface area contributed by atoms with Crippen LogP contribution in [0.2, 0.25) is 5.02 Å². The van der Waals surface area contributed by atoms with Crippen molar-refractivity contribution in [2.45, 2.75) is 38.6 Å². The molecule has 2 aliphatic rings. The van der Waals surface area contributed by atoms with E-state index in [0.717, 1.165) is 10.6 Å². The van der Waals surface area contributed by atoms with E-state index in [-0.39, 0.29) is 35.3 Å². The molecule has 3 heterocycles. The molecule has 2 aromatic carbocycles. The summed E-state index contributed by atoms with van der Waals surface area (Å²) in [5.74, 6) is -1.26. The van der Waals surface area contributed by atoms with E-state index in [0.29, 0.717) is 49.3 Å². The predicted octanol–water partition coefficient (Wildman–Crippen LogP) is 5.23. The van der Waals surface area contributed by atoms with Gasteiger partial charge in [-0.25, -0.2) is 14.2 Å². The summed E-state index contributed by atoms with van der Waals surface area (Å²) < 4.78 is 19.2. The Morgan fingerprint density at radius 2 is 1.90 bits per heavy atom. The third kappa shape index (κ3) is 5.84. The second-order valence-corrected chi connectivity index (χ2v) is 11.5. The van der Waals surface area contributed by atoms with E-state index >= 15 is 0 Å². The molecule has 0 aliphatic carbocycles. The topological polar surface area (TPSA) is 79.8 Å². The Balaban J connectivity index is 1.28. The third-order valence-corrected chi connectivity index (χ3v) is 8.92. The number of nitrogens with zero attached hydrogens (tertiary/aromatic N) is 3. The fraction of sp³-hybridized carbons (Fsp3) is 0.379. The molecule has 5 rings (SSSR count). The van der Waals surface area contributed by atoms with Crippen molar-refractivity contribution in [1.29, 1.82) is 0 Å². The van der Waals surface area contributed by atoms with Gasteiger partial charge in [-0.2, -0.15) is 0 Å². The highest BCUT2D eigenvalue weighted by Gasteiger charge is 2.51. The number of thiazole rings is 1. The molecule has 39 heavy (non-hydrogen) atoms. The Morgan fingerprint density at radius 3 is 2.59 bits per heavy atom. The minimum atomic E-state index is -0.681. The van der Waals surface area contributed by atoms with E-state index in [1.54, 1.807) is 29.0 Å². The molecule has 3 aromatic rings. The van der Waals surface area contributed by atoms with Gasteiger partial charge in [0, 0.05) is 25.2 Å². The number of ether oxygens (including phenoxy) is 1. The summed E-state index contributed by atoms with van der Waals surface area (Å²) in [6.45, 7) is 3.41. The molecule has 2 aliphatic heterocycles. The first kappa shape index (κ1) is 27.3. The maximum absolute atomic E-state index is 13.8. The van der Waals surface area contributed by atoms with E-state index in [1.807, 2.05) is 30.3 Å². The van der Waals surface area contributed by atoms with Gasteiger partial charge in [-0.15, -0.1) is 11.3 Å². The fourth-order valence-electron chi connectivity index (χ4n) is 5.48. The second kappa shape index (κ2) is 11.4. The quantitative estimate of drug-likeness (QED) is 0.380. The summed E-state index contributed by atoms with van der Waals surface area (Å²) in [4.78, 5) is 47.8. The van der Waals surface area contributed by atoms with Crippen molar-refractivity contribution in [3.05, 3.63) is 76.0 Å². The summed E-state index contributed by atoms with van der Waals surface area (Å²) in [5, 5.41) is 0.769. The molecular weight excluding hydrogens is 541 g/mol. The van der Waals surface area contributed by atoms with E-state index in [2.05, 4.69) is 4.98 Å². The van der Waals surface area contributed by atoms with Gasteiger partial charge in [0.15, 0.2) is 0 Å². The normalized spacial score (nSPS) is 18.4. The lowest BCUT2D eigenvalue weighted by Gasteiger charge is -2.39. The van der Waals surface area contributed by atoms with Gasteiger partial charge >= 0.3 is 5.97 Å². The number of rotatable bonds is 6. The third-order valence-electron chi connectivity index (χ3n) is 7.58. The average Bonchev–Trinajstić information content (AvgIpc) is 3.58. The predicted molar refractivity (Wildman–Crippen MR) is 147 cm³/mol. The molecule has 0 bridgehead atoms. The van der Waals surface area contributed by atoms with E-state index in [1.165, 1.54) is 23.5 Å². The highest BCUT2D eigenvalue weighted by Crippen LogP contribution is 2.44. The number of hydrogen-bond donors (Lipinski definition) is 0. The summed E-state index contributed by atoms with van der Waals surface area (Å²) in [6, 6.07) is 13.4. The standard InChI is InChI=1S/C29H29ClFN3O4S/c1-2-38-28(37)23-16-29(10-12-33(13-11-29)25(35)15-19-8-9-21(30)22(31)14-19)18-34(23)27(36)24-17-32-26(39-24)20-6-4-3-5-7-20/h3-9,14,17,23H,2,10-13,15-16,18H2,1H3. The van der Waals surface area contributed by atoms with Crippen LogP contribution in [0.5, 0.6) is 0 Å². The minimum absolute atomic E-state index is 0.0252. The summed E-state index contributed by atoms with van der Waals surface area (Å²) >= 11 is 7.07. The molecule has 7 nitrogen and oxygen atoms in total. The van der Waals surface area contributed by atoms with E-state index in [4.69, 9.17) is 16.3 Å². The highest BCUT2D eigenvalue weighted by atomic mass is 35.5. The Kier molecular flexibility index (Phi) is 8.00. The fourth-order valence-corrected chi connectivity index (χ4v) is 6.47. The number of carbonyl (C=O) groups is 3. The van der Waals surface area contributed by atoms with Gasteiger partial charge in [0.1, 0.15) is 21.7 Å². The van der Waals surface area contributed by atoms with Gasteiger partial charge in [0.25, 0.3) is 5.91 Å². The van der Waals surface area contributed by atoms with Gasteiger partial charge < -0.3 is 14.5 Å². The number of benzene rings is 2. The van der Waals surface area contributed by atoms with Crippen LogP contribution in [-0.4, -0.2) is 64.9 Å². The maximum atomic E-state index is 13.8. The zero-order valence-electron chi connectivity index (χ0n) is 21.6. The molecule has 1 atom stereocenters. The van der Waals surface area contributed by atoms with Gasteiger partial charge in [-0.1, -0.05) is 48.0 Å². The molecule has 0 N–H and O–H groups in total. The van der Waals surface area contributed by atoms with Gasteiger partial charge in [0.2, 0.25) is 5.91 Å². The van der Waals surface area contributed by atoms with E-state index in [9.17, 15) is 18.8 Å². The van der Waals surface area contributed by atoms with Gasteiger partial charge in [0.05, 0.1) is 24.2 Å². The zero-order valence-corrected chi connectivity index (χ0v) is 23.1. The Labute approximate surface area is 235 Å². The number of carbonyl (C=O) groups excluding carboxylic acids is 3. The molecule has 2 amide bonds. The lowest BCUT2D eigenvalue weighted by atomic mass is 9.76. The molecular formula is C29H29ClFN3O4S. The smallest absolute Gasteiger partial charge is 0.328 e. The second-order valence-electron chi connectivity index (χ2n) is 10.1. The van der Waals surface area contributed by atoms with Crippen LogP contribution in [0.1, 0.15) is 41.4 Å². The molecule has 0 saturated carbocycles. The monoisotopic (exact) mass is 569 g/mol. The molecule has 204 valence electrons. The van der Waals surface area contributed by atoms with Crippen LogP contribution < -0.4 is 0 Å². The first-order chi connectivity index (χ1) is 18.8. The number of amides is 2. The lowest BCUT2D eigenvalue weighted by molar-refractivity contribution is -0.147. The van der Waals surface area contributed by atoms with Crippen LogP contribution in [0, 0.1) is 11.2 Å². The number of likely N-dealkylation sites (tertiary alicyclic amines) is 2. The largest absolute Gasteiger partial charge is 0.464 e. The number of esters is 1. The first-order valence-corrected chi connectivity index (χ1v) is 14.2. The summed E-state index contributed by atoms with van der Waals surface area (Å²) in [7, 11) is 0. The average molecular weight is 570 g/mol. The van der Waals surface area contributed by atoms with Crippen LogP contribution in [0.15, 0.2) is 54.7 Å². The van der Waals surface area contributed by atoms with Crippen LogP contribution in [0.25, 0.3) is 10.6 Å². The van der Waals surface area contributed by atoms with Crippen molar-refractivity contribution < 1.29 is 23.5 Å². The van der Waals surface area contributed by atoms with Crippen molar-refractivity contribution in [2.75, 3.05) is 26.2 Å². The van der Waals surface area contributed by atoms with Crippen LogP contribution in [0.3, 0.4) is 0 Å². The highest BCUT2D eigenvalue weighted by molar-refractivity contribution is 7.16. The summed E-state index contributed by atoms with van der Waals surface area (Å²) in [5.41, 5.74) is 1.21. The molecule has 1 spiro atoms. The first-order valence-electron chi connectivity index (χ1n) is 13.0. The Hall–Kier alpha value is -3.30. The van der Waals surface area contributed by atoms with Crippen molar-refractivity contribution in [3.63, 3.8) is 0 Å². The van der Waals surface area contributed by atoms with Crippen molar-refractivity contribution >= 4 is 40.7 Å². The minimum Gasteiger partial charge on any atom is -0.464 e. The molecule has 2 fully saturated rings. The van der Waals surface area contributed by atoms with E-state index < -0.39 is 17.8 Å². The number of halogens is 2. The number of piperidine rings is 1.